The Balaban J connectivity index is 2.61. The van der Waals surface area contributed by atoms with Crippen LogP contribution in [0.5, 0.6) is 0 Å². The average molecular weight is 351 g/mol. The minimum absolute atomic E-state index is 0.546. The summed E-state index contributed by atoms with van der Waals surface area (Å²) in [5, 5.41) is 6.76. The third-order valence-electron chi connectivity index (χ3n) is 4.08. The fraction of sp³-hybridized carbons (Fsp3) is 0.789. The highest BCUT2D eigenvalue weighted by atomic mass is 15.2. The summed E-state index contributed by atoms with van der Waals surface area (Å²) in [5.74, 6) is 2.47. The monoisotopic (exact) mass is 350 g/mol. The van der Waals surface area contributed by atoms with E-state index in [1.165, 1.54) is 0 Å². The number of hydrogen-bond donors (Lipinski definition) is 2. The SMILES string of the molecule is CCNC(=NCc1nccn1CC(C)C)NCCN(C(C)C)C(C)C. The number of rotatable bonds is 10. The minimum Gasteiger partial charge on any atom is -0.357 e. The van der Waals surface area contributed by atoms with Crippen LogP contribution in [0.4, 0.5) is 0 Å². The van der Waals surface area contributed by atoms with Gasteiger partial charge in [0.15, 0.2) is 5.96 Å². The quantitative estimate of drug-likeness (QED) is 0.503. The normalized spacial score (nSPS) is 12.7. The molecular formula is C19H38N6. The molecule has 1 aromatic rings. The third-order valence-corrected chi connectivity index (χ3v) is 4.08. The van der Waals surface area contributed by atoms with Crippen molar-refractivity contribution < 1.29 is 0 Å². The molecule has 144 valence electrons. The molecule has 25 heavy (non-hydrogen) atoms. The van der Waals surface area contributed by atoms with Crippen LogP contribution >= 0.6 is 0 Å². The lowest BCUT2D eigenvalue weighted by Crippen LogP contribution is -2.45. The summed E-state index contributed by atoms with van der Waals surface area (Å²) in [6, 6.07) is 1.09. The molecule has 0 aromatic carbocycles. The van der Waals surface area contributed by atoms with Crippen molar-refractivity contribution in [3.05, 3.63) is 18.2 Å². The zero-order valence-electron chi connectivity index (χ0n) is 17.2. The molecule has 0 aliphatic carbocycles. The van der Waals surface area contributed by atoms with Crippen LogP contribution in [-0.4, -0.2) is 52.1 Å². The van der Waals surface area contributed by atoms with Crippen molar-refractivity contribution in [1.82, 2.24) is 25.1 Å². The van der Waals surface area contributed by atoms with Gasteiger partial charge < -0.3 is 15.2 Å². The Morgan fingerprint density at radius 1 is 1.16 bits per heavy atom. The maximum atomic E-state index is 4.70. The van der Waals surface area contributed by atoms with Gasteiger partial charge in [-0.1, -0.05) is 13.8 Å². The molecular weight excluding hydrogens is 312 g/mol. The molecule has 0 atom stereocenters. The van der Waals surface area contributed by atoms with Crippen LogP contribution < -0.4 is 10.6 Å². The number of imidazole rings is 1. The van der Waals surface area contributed by atoms with Gasteiger partial charge in [0.2, 0.25) is 0 Å². The lowest BCUT2D eigenvalue weighted by Gasteiger charge is -2.30. The van der Waals surface area contributed by atoms with Crippen LogP contribution in [0.3, 0.4) is 0 Å². The van der Waals surface area contributed by atoms with Crippen LogP contribution in [0.2, 0.25) is 0 Å². The van der Waals surface area contributed by atoms with Crippen LogP contribution in [0, 0.1) is 5.92 Å². The number of guanidine groups is 1. The lowest BCUT2D eigenvalue weighted by atomic mass is 10.2. The first-order chi connectivity index (χ1) is 11.8. The predicted octanol–water partition coefficient (Wildman–Crippen LogP) is 2.71. The highest BCUT2D eigenvalue weighted by molar-refractivity contribution is 5.79. The van der Waals surface area contributed by atoms with Crippen LogP contribution in [0.1, 0.15) is 54.3 Å². The van der Waals surface area contributed by atoms with Gasteiger partial charge in [-0.05, 0) is 40.5 Å². The summed E-state index contributed by atoms with van der Waals surface area (Å²) in [5.41, 5.74) is 0. The molecule has 6 nitrogen and oxygen atoms in total. The zero-order valence-corrected chi connectivity index (χ0v) is 17.2. The van der Waals surface area contributed by atoms with Gasteiger partial charge in [0, 0.05) is 50.7 Å². The van der Waals surface area contributed by atoms with Crippen LogP contribution in [0.15, 0.2) is 17.4 Å². The van der Waals surface area contributed by atoms with Crippen molar-refractivity contribution in [2.45, 2.75) is 73.6 Å². The van der Waals surface area contributed by atoms with Crippen LogP contribution in [0.25, 0.3) is 0 Å². The average Bonchev–Trinajstić information content (AvgIpc) is 2.94. The standard InChI is InChI=1S/C19H38N6/c1-8-20-19(22-10-12-25(16(4)5)17(6)7)23-13-18-21-9-11-24(18)14-15(2)3/h9,11,15-17H,8,10,12-14H2,1-7H3,(H2,20,22,23). The van der Waals surface area contributed by atoms with E-state index in [1.54, 1.807) is 0 Å². The molecule has 0 aliphatic heterocycles. The highest BCUT2D eigenvalue weighted by Crippen LogP contribution is 2.05. The van der Waals surface area contributed by atoms with Gasteiger partial charge in [-0.25, -0.2) is 9.98 Å². The Hall–Kier alpha value is -1.56. The third kappa shape index (κ3) is 7.90. The first kappa shape index (κ1) is 21.5. The van der Waals surface area contributed by atoms with Crippen molar-refractivity contribution in [3.8, 4) is 0 Å². The summed E-state index contributed by atoms with van der Waals surface area (Å²) in [7, 11) is 0. The molecule has 0 bridgehead atoms. The van der Waals surface area contributed by atoms with Crippen LogP contribution in [-0.2, 0) is 13.1 Å². The van der Waals surface area contributed by atoms with E-state index in [2.05, 4.69) is 73.6 Å². The minimum atomic E-state index is 0.546. The van der Waals surface area contributed by atoms with Gasteiger partial charge in [-0.15, -0.1) is 0 Å². The van der Waals surface area contributed by atoms with Crippen molar-refractivity contribution in [3.63, 3.8) is 0 Å². The molecule has 2 N–H and O–H groups in total. The molecule has 0 fully saturated rings. The molecule has 0 spiro atoms. The topological polar surface area (TPSA) is 57.5 Å². The highest BCUT2D eigenvalue weighted by Gasteiger charge is 2.12. The van der Waals surface area contributed by atoms with E-state index < -0.39 is 0 Å². The molecule has 0 radical (unpaired) electrons. The molecule has 0 unspecified atom stereocenters. The smallest absolute Gasteiger partial charge is 0.191 e. The van der Waals surface area contributed by atoms with Crippen molar-refractivity contribution in [2.75, 3.05) is 19.6 Å². The van der Waals surface area contributed by atoms with E-state index in [4.69, 9.17) is 4.99 Å². The maximum absolute atomic E-state index is 4.70. The van der Waals surface area contributed by atoms with E-state index in [9.17, 15) is 0 Å². The summed E-state index contributed by atoms with van der Waals surface area (Å²) >= 11 is 0. The van der Waals surface area contributed by atoms with E-state index in [-0.39, 0.29) is 0 Å². The first-order valence-electron chi connectivity index (χ1n) is 9.63. The number of aliphatic imine (C=N–C) groups is 1. The molecule has 0 saturated heterocycles. The summed E-state index contributed by atoms with van der Waals surface area (Å²) in [6.07, 6.45) is 3.89. The van der Waals surface area contributed by atoms with E-state index in [0.717, 1.165) is 38.0 Å². The first-order valence-corrected chi connectivity index (χ1v) is 9.63. The summed E-state index contributed by atoms with van der Waals surface area (Å²) < 4.78 is 2.19. The van der Waals surface area contributed by atoms with Crippen molar-refractivity contribution in [2.24, 2.45) is 10.9 Å². The van der Waals surface area contributed by atoms with Crippen molar-refractivity contribution in [1.29, 1.82) is 0 Å². The van der Waals surface area contributed by atoms with Gasteiger partial charge in [-0.3, -0.25) is 4.90 Å². The Kier molecular flexibility index (Phi) is 9.57. The molecule has 0 saturated carbocycles. The van der Waals surface area contributed by atoms with Gasteiger partial charge in [0.05, 0.1) is 0 Å². The van der Waals surface area contributed by atoms with Gasteiger partial charge in [0.1, 0.15) is 12.4 Å². The zero-order chi connectivity index (χ0) is 18.8. The van der Waals surface area contributed by atoms with Crippen molar-refractivity contribution >= 4 is 5.96 Å². The number of nitrogens with zero attached hydrogens (tertiary/aromatic N) is 4. The molecule has 1 rings (SSSR count). The second-order valence-electron chi connectivity index (χ2n) is 7.44. The van der Waals surface area contributed by atoms with Gasteiger partial charge in [-0.2, -0.15) is 0 Å². The van der Waals surface area contributed by atoms with Gasteiger partial charge in [0.25, 0.3) is 0 Å². The molecule has 1 aromatic heterocycles. The Morgan fingerprint density at radius 2 is 1.84 bits per heavy atom. The van der Waals surface area contributed by atoms with Gasteiger partial charge >= 0.3 is 0 Å². The Bertz CT molecular complexity index is 496. The Labute approximate surface area is 154 Å². The second kappa shape index (κ2) is 11.1. The fourth-order valence-corrected chi connectivity index (χ4v) is 2.96. The lowest BCUT2D eigenvalue weighted by molar-refractivity contribution is 0.178. The second-order valence-corrected chi connectivity index (χ2v) is 7.44. The molecule has 0 aliphatic rings. The fourth-order valence-electron chi connectivity index (χ4n) is 2.96. The molecule has 1 heterocycles. The summed E-state index contributed by atoms with van der Waals surface area (Å²) in [6.45, 7) is 19.8. The molecule has 6 heteroatoms. The summed E-state index contributed by atoms with van der Waals surface area (Å²) in [4.78, 5) is 11.6. The largest absolute Gasteiger partial charge is 0.357 e. The number of hydrogen-bond acceptors (Lipinski definition) is 3. The van der Waals surface area contributed by atoms with E-state index in [1.807, 2.05) is 12.4 Å². The van der Waals surface area contributed by atoms with E-state index in [0.29, 0.717) is 24.5 Å². The van der Waals surface area contributed by atoms with E-state index >= 15 is 0 Å². The molecule has 0 amide bonds. The maximum Gasteiger partial charge on any atom is 0.191 e. The Morgan fingerprint density at radius 3 is 2.40 bits per heavy atom. The number of aromatic nitrogens is 2. The predicted molar refractivity (Wildman–Crippen MR) is 107 cm³/mol. The number of nitrogens with one attached hydrogen (secondary N) is 2.